The molecule has 2 rings (SSSR count). The van der Waals surface area contributed by atoms with Crippen molar-refractivity contribution in [2.45, 2.75) is 64.6 Å². The number of hydrogen-bond acceptors (Lipinski definition) is 3. The number of carbonyl (C=O) groups is 1. The van der Waals surface area contributed by atoms with Gasteiger partial charge in [-0.1, -0.05) is 20.3 Å². The molecule has 3 N–H and O–H groups in total. The van der Waals surface area contributed by atoms with E-state index in [9.17, 15) is 4.79 Å². The van der Waals surface area contributed by atoms with Crippen molar-refractivity contribution in [3.05, 3.63) is 0 Å². The van der Waals surface area contributed by atoms with Gasteiger partial charge in [-0.05, 0) is 32.1 Å². The van der Waals surface area contributed by atoms with Gasteiger partial charge in [-0.15, -0.1) is 0 Å². The fraction of sp³-hybridized carbons (Fsp3) is 0.929. The fourth-order valence-electron chi connectivity index (χ4n) is 3.49. The molecule has 0 bridgehead atoms. The molecule has 4 nitrogen and oxygen atoms in total. The van der Waals surface area contributed by atoms with E-state index in [2.05, 4.69) is 5.32 Å². The normalized spacial score (nSPS) is 30.9. The molecule has 0 aliphatic heterocycles. The summed E-state index contributed by atoms with van der Waals surface area (Å²) in [5.41, 5.74) is 5.76. The second-order valence-corrected chi connectivity index (χ2v) is 6.11. The SMILES string of the molecule is CCOC1CC(NC(C(N)=O)C(C)C)C12CCC2. The molecule has 4 heteroatoms. The number of primary amides is 1. The first-order chi connectivity index (χ1) is 8.51. The van der Waals surface area contributed by atoms with Crippen molar-refractivity contribution in [1.82, 2.24) is 5.32 Å². The minimum absolute atomic E-state index is 0.213. The van der Waals surface area contributed by atoms with E-state index in [0.29, 0.717) is 17.6 Å². The molecule has 0 saturated heterocycles. The third-order valence-corrected chi connectivity index (χ3v) is 4.79. The van der Waals surface area contributed by atoms with Crippen molar-refractivity contribution < 1.29 is 9.53 Å². The molecular formula is C14H26N2O2. The van der Waals surface area contributed by atoms with E-state index in [0.717, 1.165) is 13.0 Å². The predicted octanol–water partition coefficient (Wildman–Crippen LogP) is 1.43. The highest BCUT2D eigenvalue weighted by atomic mass is 16.5. The van der Waals surface area contributed by atoms with Crippen molar-refractivity contribution in [1.29, 1.82) is 0 Å². The standard InChI is InChI=1S/C14H26N2O2/c1-4-18-11-8-10(14(11)6-5-7-14)16-12(9(2)3)13(15)17/h9-12,16H,4-8H2,1-3H3,(H2,15,17). The molecule has 2 aliphatic rings. The summed E-state index contributed by atoms with van der Waals surface area (Å²) >= 11 is 0. The van der Waals surface area contributed by atoms with Crippen LogP contribution in [0.1, 0.15) is 46.5 Å². The van der Waals surface area contributed by atoms with Crippen LogP contribution in [-0.4, -0.2) is 30.7 Å². The smallest absolute Gasteiger partial charge is 0.234 e. The Morgan fingerprint density at radius 1 is 1.50 bits per heavy atom. The molecule has 18 heavy (non-hydrogen) atoms. The number of rotatable bonds is 6. The molecule has 2 aliphatic carbocycles. The molecule has 104 valence electrons. The Morgan fingerprint density at radius 3 is 2.56 bits per heavy atom. The predicted molar refractivity (Wildman–Crippen MR) is 71.1 cm³/mol. The largest absolute Gasteiger partial charge is 0.378 e. The average Bonchev–Trinajstić information content (AvgIpc) is 2.18. The fourth-order valence-corrected chi connectivity index (χ4v) is 3.49. The van der Waals surface area contributed by atoms with Crippen LogP contribution in [0.15, 0.2) is 0 Å². The second kappa shape index (κ2) is 5.17. The van der Waals surface area contributed by atoms with E-state index in [1.54, 1.807) is 0 Å². The lowest BCUT2D eigenvalue weighted by Crippen LogP contribution is -2.69. The van der Waals surface area contributed by atoms with Crippen LogP contribution in [0.2, 0.25) is 0 Å². The van der Waals surface area contributed by atoms with E-state index in [-0.39, 0.29) is 17.9 Å². The summed E-state index contributed by atoms with van der Waals surface area (Å²) in [4.78, 5) is 11.5. The number of nitrogens with two attached hydrogens (primary N) is 1. The second-order valence-electron chi connectivity index (χ2n) is 6.11. The zero-order chi connectivity index (χ0) is 13.3. The molecule has 1 amide bonds. The highest BCUT2D eigenvalue weighted by Crippen LogP contribution is 2.57. The Labute approximate surface area is 110 Å². The number of amides is 1. The van der Waals surface area contributed by atoms with Gasteiger partial charge in [0.2, 0.25) is 5.91 Å². The van der Waals surface area contributed by atoms with Gasteiger partial charge in [0.05, 0.1) is 12.1 Å². The van der Waals surface area contributed by atoms with Crippen LogP contribution in [0.5, 0.6) is 0 Å². The molecule has 3 atom stereocenters. The highest BCUT2D eigenvalue weighted by molar-refractivity contribution is 5.80. The van der Waals surface area contributed by atoms with Gasteiger partial charge >= 0.3 is 0 Å². The summed E-state index contributed by atoms with van der Waals surface area (Å²) in [7, 11) is 0. The van der Waals surface area contributed by atoms with E-state index < -0.39 is 0 Å². The van der Waals surface area contributed by atoms with E-state index >= 15 is 0 Å². The van der Waals surface area contributed by atoms with Crippen molar-refractivity contribution in [3.8, 4) is 0 Å². The third-order valence-electron chi connectivity index (χ3n) is 4.79. The molecular weight excluding hydrogens is 228 g/mol. The molecule has 1 spiro atoms. The molecule has 0 aromatic carbocycles. The Kier molecular flexibility index (Phi) is 3.97. The Balaban J connectivity index is 1.96. The zero-order valence-electron chi connectivity index (χ0n) is 11.7. The van der Waals surface area contributed by atoms with Gasteiger partial charge in [0.15, 0.2) is 0 Å². The van der Waals surface area contributed by atoms with E-state index in [4.69, 9.17) is 10.5 Å². The van der Waals surface area contributed by atoms with Gasteiger partial charge in [0, 0.05) is 18.1 Å². The first kappa shape index (κ1) is 13.8. The van der Waals surface area contributed by atoms with E-state index in [1.165, 1.54) is 19.3 Å². The Hall–Kier alpha value is -0.610. The molecule has 3 unspecified atom stereocenters. The van der Waals surface area contributed by atoms with Crippen LogP contribution in [0.4, 0.5) is 0 Å². The lowest BCUT2D eigenvalue weighted by Gasteiger charge is -2.61. The molecule has 0 aromatic heterocycles. The van der Waals surface area contributed by atoms with Crippen molar-refractivity contribution >= 4 is 5.91 Å². The summed E-state index contributed by atoms with van der Waals surface area (Å²) < 4.78 is 5.81. The molecule has 0 radical (unpaired) electrons. The van der Waals surface area contributed by atoms with Crippen molar-refractivity contribution in [2.75, 3.05) is 6.61 Å². The maximum Gasteiger partial charge on any atom is 0.234 e. The van der Waals surface area contributed by atoms with Gasteiger partial charge in [0.1, 0.15) is 0 Å². The monoisotopic (exact) mass is 254 g/mol. The quantitative estimate of drug-likeness (QED) is 0.753. The average molecular weight is 254 g/mol. The minimum Gasteiger partial charge on any atom is -0.378 e. The summed E-state index contributed by atoms with van der Waals surface area (Å²) in [6.45, 7) is 6.90. The molecule has 0 aromatic rings. The van der Waals surface area contributed by atoms with Gasteiger partial charge in [-0.3, -0.25) is 4.79 Å². The van der Waals surface area contributed by atoms with Crippen molar-refractivity contribution in [2.24, 2.45) is 17.1 Å². The van der Waals surface area contributed by atoms with Gasteiger partial charge in [0.25, 0.3) is 0 Å². The maximum atomic E-state index is 11.5. The summed E-state index contributed by atoms with van der Waals surface area (Å²) in [6, 6.07) is 0.192. The van der Waals surface area contributed by atoms with Crippen LogP contribution in [0.3, 0.4) is 0 Å². The minimum atomic E-state index is -0.237. The highest BCUT2D eigenvalue weighted by Gasteiger charge is 2.59. The lowest BCUT2D eigenvalue weighted by atomic mass is 9.51. The van der Waals surface area contributed by atoms with Crippen LogP contribution in [0, 0.1) is 11.3 Å². The van der Waals surface area contributed by atoms with Crippen molar-refractivity contribution in [3.63, 3.8) is 0 Å². The lowest BCUT2D eigenvalue weighted by molar-refractivity contribution is -0.176. The maximum absolute atomic E-state index is 11.5. The van der Waals surface area contributed by atoms with Gasteiger partial charge in [-0.25, -0.2) is 0 Å². The number of hydrogen-bond donors (Lipinski definition) is 2. The third kappa shape index (κ3) is 2.16. The molecule has 2 saturated carbocycles. The van der Waals surface area contributed by atoms with Gasteiger partial charge in [-0.2, -0.15) is 0 Å². The first-order valence-corrected chi connectivity index (χ1v) is 7.18. The van der Waals surface area contributed by atoms with Crippen LogP contribution >= 0.6 is 0 Å². The summed E-state index contributed by atoms with van der Waals surface area (Å²) in [5, 5.41) is 3.48. The zero-order valence-corrected chi connectivity index (χ0v) is 11.7. The Bertz CT molecular complexity index is 313. The summed E-state index contributed by atoms with van der Waals surface area (Å²) in [5.74, 6) is 0.00473. The Morgan fingerprint density at radius 2 is 2.17 bits per heavy atom. The molecule has 2 fully saturated rings. The van der Waals surface area contributed by atoms with Crippen LogP contribution in [0.25, 0.3) is 0 Å². The first-order valence-electron chi connectivity index (χ1n) is 7.18. The van der Waals surface area contributed by atoms with Gasteiger partial charge < -0.3 is 15.8 Å². The molecule has 0 heterocycles. The van der Waals surface area contributed by atoms with Crippen LogP contribution < -0.4 is 11.1 Å². The number of nitrogens with one attached hydrogen (secondary N) is 1. The summed E-state index contributed by atoms with van der Waals surface area (Å²) in [6.07, 6.45) is 5.13. The number of carbonyl (C=O) groups excluding carboxylic acids is 1. The van der Waals surface area contributed by atoms with Crippen LogP contribution in [-0.2, 0) is 9.53 Å². The van der Waals surface area contributed by atoms with E-state index in [1.807, 2.05) is 20.8 Å². The number of ether oxygens (including phenoxy) is 1. The topological polar surface area (TPSA) is 64.3 Å².